The Kier molecular flexibility index (Phi) is 6.73. The third-order valence-corrected chi connectivity index (χ3v) is 4.84. The van der Waals surface area contributed by atoms with Gasteiger partial charge in [0, 0.05) is 18.3 Å². The van der Waals surface area contributed by atoms with Crippen molar-refractivity contribution in [3.05, 3.63) is 29.8 Å². The first kappa shape index (κ1) is 16.0. The summed E-state index contributed by atoms with van der Waals surface area (Å²) in [5.74, 6) is 3.08. The second-order valence-corrected chi connectivity index (χ2v) is 6.47. The minimum absolute atomic E-state index is 0.678. The van der Waals surface area contributed by atoms with Gasteiger partial charge >= 0.3 is 0 Å². The summed E-state index contributed by atoms with van der Waals surface area (Å²) in [5.41, 5.74) is 1.18. The quantitative estimate of drug-likeness (QED) is 0.626. The van der Waals surface area contributed by atoms with Crippen LogP contribution in [-0.4, -0.2) is 37.2 Å². The first-order valence-electron chi connectivity index (χ1n) is 7.58. The van der Waals surface area contributed by atoms with Crippen molar-refractivity contribution in [1.29, 1.82) is 0 Å². The normalized spacial score (nSPS) is 18.6. The Morgan fingerprint density at radius 2 is 2.14 bits per heavy atom. The van der Waals surface area contributed by atoms with Crippen molar-refractivity contribution in [2.75, 3.05) is 26.0 Å². The van der Waals surface area contributed by atoms with Crippen molar-refractivity contribution in [3.8, 4) is 5.75 Å². The predicted octanol–water partition coefficient (Wildman–Crippen LogP) is 2.65. The van der Waals surface area contributed by atoms with E-state index in [2.05, 4.69) is 46.4 Å². The number of hydrogen-bond donors (Lipinski definition) is 2. The molecule has 1 saturated heterocycles. The van der Waals surface area contributed by atoms with Gasteiger partial charge in [0.2, 0.25) is 0 Å². The molecule has 1 heterocycles. The molecule has 1 aliphatic rings. The van der Waals surface area contributed by atoms with E-state index < -0.39 is 0 Å². The molecule has 1 unspecified atom stereocenters. The van der Waals surface area contributed by atoms with Crippen LogP contribution in [0.25, 0.3) is 0 Å². The van der Waals surface area contributed by atoms with Gasteiger partial charge in [-0.15, -0.1) is 0 Å². The number of methoxy groups -OCH3 is 1. The van der Waals surface area contributed by atoms with Gasteiger partial charge in [0.15, 0.2) is 5.96 Å². The van der Waals surface area contributed by atoms with E-state index in [-0.39, 0.29) is 0 Å². The zero-order valence-corrected chi connectivity index (χ0v) is 13.7. The molecule has 0 radical (unpaired) electrons. The second-order valence-electron chi connectivity index (χ2n) is 5.06. The lowest BCUT2D eigenvalue weighted by atomic mass is 10.2. The van der Waals surface area contributed by atoms with E-state index in [1.807, 2.05) is 12.1 Å². The highest BCUT2D eigenvalue weighted by molar-refractivity contribution is 8.00. The van der Waals surface area contributed by atoms with E-state index in [0.717, 1.165) is 30.0 Å². The summed E-state index contributed by atoms with van der Waals surface area (Å²) < 4.78 is 5.17. The molecule has 0 bridgehead atoms. The molecule has 0 aliphatic carbocycles. The van der Waals surface area contributed by atoms with Crippen molar-refractivity contribution in [2.24, 2.45) is 4.99 Å². The lowest BCUT2D eigenvalue weighted by Gasteiger charge is -2.14. The Morgan fingerprint density at radius 1 is 1.33 bits per heavy atom. The molecule has 2 N–H and O–H groups in total. The van der Waals surface area contributed by atoms with Crippen LogP contribution in [0.1, 0.15) is 25.3 Å². The summed E-state index contributed by atoms with van der Waals surface area (Å²) in [6, 6.07) is 8.05. The largest absolute Gasteiger partial charge is 0.497 e. The van der Waals surface area contributed by atoms with Crippen LogP contribution in [0.2, 0.25) is 0 Å². The molecule has 4 nitrogen and oxygen atoms in total. The van der Waals surface area contributed by atoms with Gasteiger partial charge in [-0.3, -0.25) is 0 Å². The molecular weight excluding hydrogens is 282 g/mol. The molecule has 1 aromatic rings. The zero-order chi connectivity index (χ0) is 14.9. The second kappa shape index (κ2) is 8.82. The molecular formula is C16H25N3OS. The van der Waals surface area contributed by atoms with Crippen LogP contribution < -0.4 is 15.4 Å². The molecule has 0 saturated carbocycles. The number of aliphatic imine (C=N–C) groups is 1. The fourth-order valence-electron chi connectivity index (χ4n) is 2.26. The molecule has 0 spiro atoms. The Hall–Kier alpha value is -1.36. The fraction of sp³-hybridized carbons (Fsp3) is 0.562. The van der Waals surface area contributed by atoms with Gasteiger partial charge in [-0.1, -0.05) is 12.1 Å². The zero-order valence-electron chi connectivity index (χ0n) is 12.9. The van der Waals surface area contributed by atoms with Crippen molar-refractivity contribution < 1.29 is 4.74 Å². The van der Waals surface area contributed by atoms with E-state index in [9.17, 15) is 0 Å². The third-order valence-electron chi connectivity index (χ3n) is 3.44. The summed E-state index contributed by atoms with van der Waals surface area (Å²) in [6.07, 6.45) is 2.66. The van der Waals surface area contributed by atoms with E-state index in [1.54, 1.807) is 7.11 Å². The van der Waals surface area contributed by atoms with Gasteiger partial charge in [-0.25, -0.2) is 4.99 Å². The summed E-state index contributed by atoms with van der Waals surface area (Å²) in [7, 11) is 1.68. The molecule has 5 heteroatoms. The van der Waals surface area contributed by atoms with Gasteiger partial charge in [0.25, 0.3) is 0 Å². The van der Waals surface area contributed by atoms with E-state index in [1.165, 1.54) is 24.2 Å². The van der Waals surface area contributed by atoms with Crippen molar-refractivity contribution in [2.45, 2.75) is 31.6 Å². The topological polar surface area (TPSA) is 45.7 Å². The van der Waals surface area contributed by atoms with E-state index in [0.29, 0.717) is 6.54 Å². The van der Waals surface area contributed by atoms with E-state index in [4.69, 9.17) is 4.74 Å². The smallest absolute Gasteiger partial charge is 0.191 e. The van der Waals surface area contributed by atoms with Crippen LogP contribution in [0.3, 0.4) is 0 Å². The molecule has 1 atom stereocenters. The van der Waals surface area contributed by atoms with Crippen molar-refractivity contribution in [1.82, 2.24) is 10.6 Å². The molecule has 116 valence electrons. The predicted molar refractivity (Wildman–Crippen MR) is 91.3 cm³/mol. The highest BCUT2D eigenvalue weighted by atomic mass is 32.2. The number of rotatable bonds is 6. The molecule has 0 amide bonds. The lowest BCUT2D eigenvalue weighted by Crippen LogP contribution is -2.40. The molecule has 1 aliphatic heterocycles. The highest BCUT2D eigenvalue weighted by Gasteiger charge is 2.15. The minimum Gasteiger partial charge on any atom is -0.497 e. The standard InChI is InChI=1S/C16H25N3OS/c1-3-17-16(19-12-15-5-4-10-21-15)18-11-13-6-8-14(20-2)9-7-13/h6-9,15H,3-5,10-12H2,1-2H3,(H2,17,18,19). The molecule has 2 rings (SSSR count). The minimum atomic E-state index is 0.678. The van der Waals surface area contributed by atoms with Crippen LogP contribution in [0.5, 0.6) is 5.75 Å². The third kappa shape index (κ3) is 5.50. The van der Waals surface area contributed by atoms with Crippen LogP contribution in [0.4, 0.5) is 0 Å². The maximum Gasteiger partial charge on any atom is 0.191 e. The van der Waals surface area contributed by atoms with Gasteiger partial charge in [0.05, 0.1) is 13.7 Å². The summed E-state index contributed by atoms with van der Waals surface area (Å²) in [5, 5.41) is 7.48. The van der Waals surface area contributed by atoms with E-state index >= 15 is 0 Å². The first-order chi connectivity index (χ1) is 10.3. The number of hydrogen-bond acceptors (Lipinski definition) is 3. The maximum atomic E-state index is 5.17. The molecule has 21 heavy (non-hydrogen) atoms. The Morgan fingerprint density at radius 3 is 2.76 bits per heavy atom. The van der Waals surface area contributed by atoms with Gasteiger partial charge < -0.3 is 15.4 Å². The van der Waals surface area contributed by atoms with Crippen LogP contribution in [0.15, 0.2) is 29.3 Å². The molecule has 0 aromatic heterocycles. The lowest BCUT2D eigenvalue weighted by molar-refractivity contribution is 0.414. The number of benzene rings is 1. The van der Waals surface area contributed by atoms with Crippen molar-refractivity contribution in [3.63, 3.8) is 0 Å². The number of thioether (sulfide) groups is 1. The highest BCUT2D eigenvalue weighted by Crippen LogP contribution is 2.25. The monoisotopic (exact) mass is 307 g/mol. The molecule has 1 aromatic carbocycles. The Bertz CT molecular complexity index is 441. The molecule has 1 fully saturated rings. The average Bonchev–Trinajstić information content (AvgIpc) is 3.04. The van der Waals surface area contributed by atoms with Gasteiger partial charge in [-0.05, 0) is 43.2 Å². The van der Waals surface area contributed by atoms with Gasteiger partial charge in [-0.2, -0.15) is 11.8 Å². The Balaban J connectivity index is 1.86. The van der Waals surface area contributed by atoms with Crippen molar-refractivity contribution >= 4 is 17.7 Å². The maximum absolute atomic E-state index is 5.17. The number of nitrogens with one attached hydrogen (secondary N) is 2. The fourth-order valence-corrected chi connectivity index (χ4v) is 3.46. The van der Waals surface area contributed by atoms with Crippen LogP contribution in [-0.2, 0) is 6.54 Å². The number of guanidine groups is 1. The summed E-state index contributed by atoms with van der Waals surface area (Å²) >= 11 is 2.06. The van der Waals surface area contributed by atoms with Gasteiger partial charge in [0.1, 0.15) is 5.75 Å². The summed E-state index contributed by atoms with van der Waals surface area (Å²) in [6.45, 7) is 4.65. The number of nitrogens with zero attached hydrogens (tertiary/aromatic N) is 1. The van der Waals surface area contributed by atoms with Crippen LogP contribution >= 0.6 is 11.8 Å². The first-order valence-corrected chi connectivity index (χ1v) is 8.63. The SMILES string of the molecule is CCNC(=NCc1ccc(OC)cc1)NCC1CCCS1. The number of ether oxygens (including phenoxy) is 1. The van der Waals surface area contributed by atoms with Crippen LogP contribution in [0, 0.1) is 0 Å². The Labute approximate surface area is 131 Å². The summed E-state index contributed by atoms with van der Waals surface area (Å²) in [4.78, 5) is 4.64. The average molecular weight is 307 g/mol.